The summed E-state index contributed by atoms with van der Waals surface area (Å²) < 4.78 is 25.5. The normalized spacial score (nSPS) is 10.2. The number of methoxy groups -OCH3 is 2. The summed E-state index contributed by atoms with van der Waals surface area (Å²) in [6.07, 6.45) is 0. The van der Waals surface area contributed by atoms with E-state index in [1.54, 1.807) is 43.5 Å². The topological polar surface area (TPSA) is 113 Å². The van der Waals surface area contributed by atoms with E-state index in [9.17, 15) is 14.4 Å². The summed E-state index contributed by atoms with van der Waals surface area (Å²) >= 11 is 0. The van der Waals surface area contributed by atoms with Crippen molar-refractivity contribution in [3.63, 3.8) is 0 Å². The molecular formula is C23H21NO8. The van der Waals surface area contributed by atoms with Crippen LogP contribution in [-0.2, 0) is 20.9 Å². The molecule has 1 heterocycles. The van der Waals surface area contributed by atoms with Gasteiger partial charge in [-0.05, 0) is 48.5 Å². The van der Waals surface area contributed by atoms with Crippen LogP contribution in [0.1, 0.15) is 26.7 Å². The van der Waals surface area contributed by atoms with Crippen LogP contribution in [0.5, 0.6) is 11.5 Å². The maximum atomic E-state index is 12.2. The molecule has 9 heteroatoms. The van der Waals surface area contributed by atoms with E-state index in [0.717, 1.165) is 0 Å². The molecule has 166 valence electrons. The molecule has 0 saturated carbocycles. The van der Waals surface area contributed by atoms with Crippen LogP contribution in [0, 0.1) is 0 Å². The SMILES string of the molecule is COC(=O)c1ccc(COC(=O)c2ccc(OCC(=O)Nc3cccc(OC)c3)cc2)o1. The Morgan fingerprint density at radius 2 is 1.69 bits per heavy atom. The van der Waals surface area contributed by atoms with Crippen LogP contribution in [0.4, 0.5) is 5.69 Å². The predicted molar refractivity (Wildman–Crippen MR) is 113 cm³/mol. The molecular weight excluding hydrogens is 418 g/mol. The Hall–Kier alpha value is -4.27. The Kier molecular flexibility index (Phi) is 7.47. The monoisotopic (exact) mass is 439 g/mol. The van der Waals surface area contributed by atoms with Gasteiger partial charge in [-0.25, -0.2) is 9.59 Å². The second kappa shape index (κ2) is 10.7. The Balaban J connectivity index is 1.46. The fourth-order valence-corrected chi connectivity index (χ4v) is 2.62. The van der Waals surface area contributed by atoms with Gasteiger partial charge in [0.2, 0.25) is 5.76 Å². The van der Waals surface area contributed by atoms with Crippen LogP contribution in [0.3, 0.4) is 0 Å². The van der Waals surface area contributed by atoms with Crippen molar-refractivity contribution in [2.75, 3.05) is 26.1 Å². The van der Waals surface area contributed by atoms with Gasteiger partial charge >= 0.3 is 11.9 Å². The number of nitrogens with one attached hydrogen (secondary N) is 1. The Bertz CT molecular complexity index is 1090. The minimum Gasteiger partial charge on any atom is -0.497 e. The Morgan fingerprint density at radius 1 is 0.906 bits per heavy atom. The standard InChI is InChI=1S/C23H21NO8/c1-28-18-5-3-4-16(12-18)24-21(25)14-30-17-8-6-15(7-9-17)22(26)31-13-19-10-11-20(32-19)23(27)29-2/h3-12H,13-14H2,1-2H3,(H,24,25). The van der Waals surface area contributed by atoms with Gasteiger partial charge in [-0.3, -0.25) is 4.79 Å². The summed E-state index contributed by atoms with van der Waals surface area (Å²) in [5.41, 5.74) is 0.879. The molecule has 1 amide bonds. The molecule has 3 rings (SSSR count). The number of esters is 2. The van der Waals surface area contributed by atoms with Gasteiger partial charge in [0.15, 0.2) is 6.61 Å². The van der Waals surface area contributed by atoms with Crippen molar-refractivity contribution in [1.29, 1.82) is 0 Å². The van der Waals surface area contributed by atoms with E-state index in [2.05, 4.69) is 10.1 Å². The first-order valence-electron chi connectivity index (χ1n) is 9.49. The van der Waals surface area contributed by atoms with Crippen molar-refractivity contribution < 1.29 is 37.7 Å². The molecule has 0 atom stereocenters. The van der Waals surface area contributed by atoms with Crippen molar-refractivity contribution in [2.45, 2.75) is 6.61 Å². The van der Waals surface area contributed by atoms with Gasteiger partial charge in [0, 0.05) is 11.8 Å². The van der Waals surface area contributed by atoms with Crippen LogP contribution >= 0.6 is 0 Å². The molecule has 1 aromatic heterocycles. The number of carbonyl (C=O) groups is 3. The highest BCUT2D eigenvalue weighted by Crippen LogP contribution is 2.17. The molecule has 0 aliphatic heterocycles. The van der Waals surface area contributed by atoms with E-state index < -0.39 is 11.9 Å². The molecule has 0 spiro atoms. The lowest BCUT2D eigenvalue weighted by Gasteiger charge is -2.09. The van der Waals surface area contributed by atoms with Gasteiger partial charge in [0.1, 0.15) is 23.9 Å². The number of carbonyl (C=O) groups excluding carboxylic acids is 3. The molecule has 2 aromatic carbocycles. The lowest BCUT2D eigenvalue weighted by molar-refractivity contribution is -0.118. The summed E-state index contributed by atoms with van der Waals surface area (Å²) in [6.45, 7) is -0.347. The molecule has 0 aliphatic carbocycles. The van der Waals surface area contributed by atoms with Crippen LogP contribution in [-0.4, -0.2) is 38.7 Å². The second-order valence-electron chi connectivity index (χ2n) is 6.43. The third kappa shape index (κ3) is 6.11. The van der Waals surface area contributed by atoms with Crippen LogP contribution in [0.15, 0.2) is 65.1 Å². The van der Waals surface area contributed by atoms with Crippen molar-refractivity contribution >= 4 is 23.5 Å². The number of ether oxygens (including phenoxy) is 4. The zero-order valence-electron chi connectivity index (χ0n) is 17.5. The van der Waals surface area contributed by atoms with Gasteiger partial charge < -0.3 is 28.7 Å². The molecule has 32 heavy (non-hydrogen) atoms. The number of amides is 1. The molecule has 0 bridgehead atoms. The highest BCUT2D eigenvalue weighted by atomic mass is 16.6. The largest absolute Gasteiger partial charge is 0.497 e. The van der Waals surface area contributed by atoms with Gasteiger partial charge in [-0.2, -0.15) is 0 Å². The Labute approximate surface area is 183 Å². The first kappa shape index (κ1) is 22.4. The quantitative estimate of drug-likeness (QED) is 0.505. The Morgan fingerprint density at radius 3 is 2.41 bits per heavy atom. The molecule has 0 saturated heterocycles. The molecule has 9 nitrogen and oxygen atoms in total. The van der Waals surface area contributed by atoms with E-state index in [1.165, 1.54) is 31.4 Å². The average molecular weight is 439 g/mol. The van der Waals surface area contributed by atoms with Gasteiger partial charge in [-0.15, -0.1) is 0 Å². The summed E-state index contributed by atoms with van der Waals surface area (Å²) in [5, 5.41) is 2.71. The maximum absolute atomic E-state index is 12.2. The van der Waals surface area contributed by atoms with Crippen molar-refractivity contribution in [2.24, 2.45) is 0 Å². The van der Waals surface area contributed by atoms with Crippen LogP contribution < -0.4 is 14.8 Å². The molecule has 1 N–H and O–H groups in total. The lowest BCUT2D eigenvalue weighted by Crippen LogP contribution is -2.20. The fraction of sp³-hybridized carbons (Fsp3) is 0.174. The minimum absolute atomic E-state index is 0.0236. The summed E-state index contributed by atoms with van der Waals surface area (Å²) in [5.74, 6) is -0.167. The van der Waals surface area contributed by atoms with E-state index in [-0.39, 0.29) is 30.4 Å². The van der Waals surface area contributed by atoms with E-state index in [0.29, 0.717) is 22.9 Å². The molecule has 0 aliphatic rings. The first-order valence-corrected chi connectivity index (χ1v) is 9.49. The number of rotatable bonds is 9. The van der Waals surface area contributed by atoms with E-state index in [1.807, 2.05) is 0 Å². The van der Waals surface area contributed by atoms with Crippen molar-refractivity contribution in [1.82, 2.24) is 0 Å². The van der Waals surface area contributed by atoms with E-state index in [4.69, 9.17) is 18.6 Å². The average Bonchev–Trinajstić information content (AvgIpc) is 3.30. The first-order chi connectivity index (χ1) is 15.5. The summed E-state index contributed by atoms with van der Waals surface area (Å²) in [7, 11) is 2.78. The molecule has 0 fully saturated rings. The zero-order chi connectivity index (χ0) is 22.9. The van der Waals surface area contributed by atoms with Crippen LogP contribution in [0.2, 0.25) is 0 Å². The minimum atomic E-state index is -0.615. The lowest BCUT2D eigenvalue weighted by atomic mass is 10.2. The van der Waals surface area contributed by atoms with Crippen LogP contribution in [0.25, 0.3) is 0 Å². The smallest absolute Gasteiger partial charge is 0.373 e. The third-order valence-electron chi connectivity index (χ3n) is 4.21. The third-order valence-corrected chi connectivity index (χ3v) is 4.21. The van der Waals surface area contributed by atoms with Gasteiger partial charge in [0.05, 0.1) is 19.8 Å². The predicted octanol–water partition coefficient (Wildman–Crippen LogP) is 3.45. The number of anilines is 1. The van der Waals surface area contributed by atoms with Gasteiger partial charge in [-0.1, -0.05) is 6.07 Å². The molecule has 0 unspecified atom stereocenters. The number of hydrogen-bond donors (Lipinski definition) is 1. The van der Waals surface area contributed by atoms with Gasteiger partial charge in [0.25, 0.3) is 5.91 Å². The number of hydrogen-bond acceptors (Lipinski definition) is 8. The summed E-state index contributed by atoms with van der Waals surface area (Å²) in [4.78, 5) is 35.6. The second-order valence-corrected chi connectivity index (χ2v) is 6.43. The van der Waals surface area contributed by atoms with E-state index >= 15 is 0 Å². The maximum Gasteiger partial charge on any atom is 0.373 e. The van der Waals surface area contributed by atoms with Crippen molar-refractivity contribution in [3.8, 4) is 11.5 Å². The molecule has 3 aromatic rings. The highest BCUT2D eigenvalue weighted by molar-refractivity contribution is 5.92. The number of benzene rings is 2. The van der Waals surface area contributed by atoms with Crippen molar-refractivity contribution in [3.05, 3.63) is 77.7 Å². The zero-order valence-corrected chi connectivity index (χ0v) is 17.5. The summed E-state index contributed by atoms with van der Waals surface area (Å²) in [6, 6.07) is 16.0. The molecule has 0 radical (unpaired) electrons. The fourth-order valence-electron chi connectivity index (χ4n) is 2.62. The highest BCUT2D eigenvalue weighted by Gasteiger charge is 2.13. The number of furan rings is 1.